The zero-order valence-corrected chi connectivity index (χ0v) is 11.8. The van der Waals surface area contributed by atoms with E-state index in [0.717, 1.165) is 6.42 Å². The molecule has 6 heteroatoms. The number of ether oxygens (including phenoxy) is 1. The number of rotatable bonds is 8. The molecule has 1 unspecified atom stereocenters. The highest BCUT2D eigenvalue weighted by molar-refractivity contribution is 7.84. The fraction of sp³-hybridized carbons (Fsp3) is 0.538. The lowest BCUT2D eigenvalue weighted by molar-refractivity contribution is 0.313. The molecule has 1 aromatic heterocycles. The minimum Gasteiger partial charge on any atom is -0.488 e. The Balaban J connectivity index is 2.56. The fourth-order valence-electron chi connectivity index (χ4n) is 1.47. The quantitative estimate of drug-likeness (QED) is 0.736. The molecule has 1 atom stereocenters. The SMILES string of the molecule is CCCOc1c[nH]c(CS(=O)CCCC#N)cc1=O. The van der Waals surface area contributed by atoms with Crippen LogP contribution in [0.3, 0.4) is 0 Å². The Bertz CT molecular complexity index is 519. The van der Waals surface area contributed by atoms with E-state index in [0.29, 0.717) is 42.4 Å². The maximum Gasteiger partial charge on any atom is 0.223 e. The number of H-pyrrole nitrogens is 1. The molecule has 0 saturated carbocycles. The van der Waals surface area contributed by atoms with Crippen LogP contribution >= 0.6 is 0 Å². The van der Waals surface area contributed by atoms with Crippen LogP contribution in [0.5, 0.6) is 5.75 Å². The van der Waals surface area contributed by atoms with Crippen LogP contribution in [-0.2, 0) is 16.6 Å². The molecule has 0 aliphatic heterocycles. The van der Waals surface area contributed by atoms with Crippen molar-refractivity contribution < 1.29 is 8.95 Å². The van der Waals surface area contributed by atoms with Crippen molar-refractivity contribution in [2.45, 2.75) is 31.9 Å². The molecule has 1 aromatic rings. The molecule has 19 heavy (non-hydrogen) atoms. The molecule has 0 radical (unpaired) electrons. The third-order valence-electron chi connectivity index (χ3n) is 2.38. The van der Waals surface area contributed by atoms with Gasteiger partial charge in [0.25, 0.3) is 0 Å². The monoisotopic (exact) mass is 282 g/mol. The van der Waals surface area contributed by atoms with Crippen LogP contribution in [0.1, 0.15) is 31.9 Å². The largest absolute Gasteiger partial charge is 0.488 e. The van der Waals surface area contributed by atoms with Gasteiger partial charge < -0.3 is 9.72 Å². The summed E-state index contributed by atoms with van der Waals surface area (Å²) in [5.74, 6) is 1.07. The van der Waals surface area contributed by atoms with E-state index in [1.165, 1.54) is 12.3 Å². The first-order valence-electron chi connectivity index (χ1n) is 6.23. The Hall–Kier alpha value is -1.61. The molecule has 0 aliphatic rings. The van der Waals surface area contributed by atoms with Gasteiger partial charge in [0.05, 0.1) is 18.4 Å². The van der Waals surface area contributed by atoms with Gasteiger partial charge in [-0.1, -0.05) is 6.92 Å². The van der Waals surface area contributed by atoms with Crippen molar-refractivity contribution in [2.24, 2.45) is 0 Å². The van der Waals surface area contributed by atoms with Gasteiger partial charge in [0.15, 0.2) is 5.75 Å². The number of unbranched alkanes of at least 4 members (excludes halogenated alkanes) is 1. The molecule has 0 saturated heterocycles. The zero-order chi connectivity index (χ0) is 14.1. The van der Waals surface area contributed by atoms with Crippen LogP contribution in [0.25, 0.3) is 0 Å². The highest BCUT2D eigenvalue weighted by Gasteiger charge is 2.06. The van der Waals surface area contributed by atoms with Gasteiger partial charge in [-0.3, -0.25) is 9.00 Å². The van der Waals surface area contributed by atoms with Crippen LogP contribution in [-0.4, -0.2) is 21.6 Å². The molecule has 0 fully saturated rings. The Morgan fingerprint density at radius 1 is 1.53 bits per heavy atom. The smallest absolute Gasteiger partial charge is 0.223 e. The predicted molar refractivity (Wildman–Crippen MR) is 74.4 cm³/mol. The summed E-state index contributed by atoms with van der Waals surface area (Å²) in [6, 6.07) is 3.44. The van der Waals surface area contributed by atoms with Crippen molar-refractivity contribution in [3.8, 4) is 11.8 Å². The van der Waals surface area contributed by atoms with E-state index in [9.17, 15) is 9.00 Å². The number of nitrogens with zero attached hydrogens (tertiary/aromatic N) is 1. The number of nitrogens with one attached hydrogen (secondary N) is 1. The third-order valence-corrected chi connectivity index (χ3v) is 3.75. The molecule has 1 N–H and O–H groups in total. The van der Waals surface area contributed by atoms with Crippen molar-refractivity contribution in [3.63, 3.8) is 0 Å². The Morgan fingerprint density at radius 2 is 2.32 bits per heavy atom. The summed E-state index contributed by atoms with van der Waals surface area (Å²) < 4.78 is 17.0. The van der Waals surface area contributed by atoms with Gasteiger partial charge >= 0.3 is 0 Å². The van der Waals surface area contributed by atoms with E-state index >= 15 is 0 Å². The summed E-state index contributed by atoms with van der Waals surface area (Å²) in [4.78, 5) is 14.6. The molecule has 0 bridgehead atoms. The molecule has 0 spiro atoms. The third kappa shape index (κ3) is 5.71. The van der Waals surface area contributed by atoms with E-state index in [4.69, 9.17) is 10.00 Å². The van der Waals surface area contributed by atoms with Crippen molar-refractivity contribution in [1.29, 1.82) is 5.26 Å². The molecular formula is C13H18N2O3S. The van der Waals surface area contributed by atoms with Gasteiger partial charge in [-0.15, -0.1) is 0 Å². The second kappa shape index (κ2) is 8.48. The zero-order valence-electron chi connectivity index (χ0n) is 11.0. The van der Waals surface area contributed by atoms with Crippen molar-refractivity contribution in [3.05, 3.63) is 28.2 Å². The fourth-order valence-corrected chi connectivity index (χ4v) is 2.59. The number of hydrogen-bond donors (Lipinski definition) is 1. The number of aromatic nitrogens is 1. The van der Waals surface area contributed by atoms with Crippen LogP contribution in [0, 0.1) is 11.3 Å². The van der Waals surface area contributed by atoms with Gasteiger partial charge in [0.1, 0.15) is 0 Å². The first-order valence-corrected chi connectivity index (χ1v) is 7.72. The first-order chi connectivity index (χ1) is 9.17. The van der Waals surface area contributed by atoms with Gasteiger partial charge in [0, 0.05) is 40.9 Å². The van der Waals surface area contributed by atoms with Gasteiger partial charge in [-0.25, -0.2) is 0 Å². The second-order valence-corrected chi connectivity index (χ2v) is 5.66. The average Bonchev–Trinajstić information content (AvgIpc) is 2.38. The molecule has 0 aliphatic carbocycles. The molecule has 0 amide bonds. The van der Waals surface area contributed by atoms with E-state index in [1.54, 1.807) is 0 Å². The Morgan fingerprint density at radius 3 is 2.95 bits per heavy atom. The number of hydrogen-bond acceptors (Lipinski definition) is 4. The molecule has 5 nitrogen and oxygen atoms in total. The summed E-state index contributed by atoms with van der Waals surface area (Å²) in [7, 11) is -1.05. The minimum absolute atomic E-state index is 0.198. The van der Waals surface area contributed by atoms with Gasteiger partial charge in [0.2, 0.25) is 5.43 Å². The molecule has 104 valence electrons. The van der Waals surface area contributed by atoms with Crippen LogP contribution in [0.4, 0.5) is 0 Å². The number of nitriles is 1. The molecule has 1 heterocycles. The van der Waals surface area contributed by atoms with Crippen LogP contribution in [0.2, 0.25) is 0 Å². The highest BCUT2D eigenvalue weighted by atomic mass is 32.2. The lowest BCUT2D eigenvalue weighted by atomic mass is 10.3. The normalized spacial score (nSPS) is 11.8. The van der Waals surface area contributed by atoms with Crippen LogP contribution < -0.4 is 10.2 Å². The highest BCUT2D eigenvalue weighted by Crippen LogP contribution is 2.05. The van der Waals surface area contributed by atoms with Crippen molar-refractivity contribution in [1.82, 2.24) is 4.98 Å². The minimum atomic E-state index is -1.05. The topological polar surface area (TPSA) is 82.9 Å². The molecular weight excluding hydrogens is 264 g/mol. The summed E-state index contributed by atoms with van der Waals surface area (Å²) in [6.45, 7) is 2.47. The van der Waals surface area contributed by atoms with E-state index in [1.807, 2.05) is 13.0 Å². The number of pyridine rings is 1. The van der Waals surface area contributed by atoms with Crippen LogP contribution in [0.15, 0.2) is 17.1 Å². The Kier molecular flexibility index (Phi) is 6.90. The first kappa shape index (κ1) is 15.4. The van der Waals surface area contributed by atoms with E-state index in [-0.39, 0.29) is 5.43 Å². The van der Waals surface area contributed by atoms with E-state index < -0.39 is 10.8 Å². The summed E-state index contributed by atoms with van der Waals surface area (Å²) in [6.07, 6.45) is 3.38. The maximum atomic E-state index is 11.7. The van der Waals surface area contributed by atoms with Gasteiger partial charge in [-0.2, -0.15) is 5.26 Å². The predicted octanol–water partition coefficient (Wildman–Crippen LogP) is 1.72. The summed E-state index contributed by atoms with van der Waals surface area (Å²) in [5.41, 5.74) is 0.431. The van der Waals surface area contributed by atoms with Crippen molar-refractivity contribution >= 4 is 10.8 Å². The lowest BCUT2D eigenvalue weighted by Crippen LogP contribution is -2.11. The average molecular weight is 282 g/mol. The van der Waals surface area contributed by atoms with Gasteiger partial charge in [-0.05, 0) is 12.8 Å². The number of aromatic amines is 1. The Labute approximate surface area is 115 Å². The lowest BCUT2D eigenvalue weighted by Gasteiger charge is -2.05. The molecule has 0 aromatic carbocycles. The summed E-state index contributed by atoms with van der Waals surface area (Å²) >= 11 is 0. The van der Waals surface area contributed by atoms with Crippen molar-refractivity contribution in [2.75, 3.05) is 12.4 Å². The van der Waals surface area contributed by atoms with E-state index in [2.05, 4.69) is 4.98 Å². The standard InChI is InChI=1S/C13H18N2O3S/c1-2-6-18-13-9-15-11(8-12(13)16)10-19(17)7-4-3-5-14/h8-9H,2-4,6-7,10H2,1H3,(H,15,16). The maximum absolute atomic E-state index is 11.7. The second-order valence-electron chi connectivity index (χ2n) is 4.09. The summed E-state index contributed by atoms with van der Waals surface area (Å²) in [5, 5.41) is 8.40. The molecule has 1 rings (SSSR count).